The molecule has 3 heteroatoms. The van der Waals surface area contributed by atoms with E-state index in [0.29, 0.717) is 0 Å². The van der Waals surface area contributed by atoms with E-state index in [0.717, 1.165) is 5.56 Å². The Hall–Kier alpha value is -1.35. The van der Waals surface area contributed by atoms with Crippen LogP contribution in [0.1, 0.15) is 36.8 Å². The molecule has 0 amide bonds. The van der Waals surface area contributed by atoms with Crippen molar-refractivity contribution in [3.8, 4) is 0 Å². The maximum absolute atomic E-state index is 11.0. The zero-order valence-electron chi connectivity index (χ0n) is 10.6. The van der Waals surface area contributed by atoms with Gasteiger partial charge in [-0.15, -0.1) is 0 Å². The maximum atomic E-state index is 11.0. The number of hydrogen-bond acceptors (Lipinski definition) is 2. The van der Waals surface area contributed by atoms with Gasteiger partial charge in [0.2, 0.25) is 0 Å². The van der Waals surface area contributed by atoms with Crippen molar-refractivity contribution in [1.29, 1.82) is 0 Å². The highest BCUT2D eigenvalue weighted by Gasteiger charge is 2.46. The summed E-state index contributed by atoms with van der Waals surface area (Å²) >= 11 is 0. The molecule has 3 rings (SSSR count). The first-order chi connectivity index (χ1) is 8.72. The van der Waals surface area contributed by atoms with Crippen LogP contribution in [0.5, 0.6) is 0 Å². The van der Waals surface area contributed by atoms with Crippen molar-refractivity contribution in [2.24, 2.45) is 0 Å². The third-order valence-corrected chi connectivity index (χ3v) is 4.50. The first kappa shape index (κ1) is 11.7. The standard InChI is InChI=1S/C15H19NO2/c17-14(18)11-12-5-1-2-6-13(12)15-7-3-9-16(15)10-4-8-15/h1-2,5-6H,3-4,7-11H2,(H,17,18). The number of carbonyl (C=O) groups is 1. The number of carboxylic acid groups (broad SMARTS) is 1. The molecule has 0 bridgehead atoms. The van der Waals surface area contributed by atoms with Crippen LogP contribution >= 0.6 is 0 Å². The van der Waals surface area contributed by atoms with Crippen molar-refractivity contribution < 1.29 is 9.90 Å². The molecule has 0 saturated carbocycles. The topological polar surface area (TPSA) is 40.5 Å². The predicted molar refractivity (Wildman–Crippen MR) is 69.5 cm³/mol. The molecule has 2 saturated heterocycles. The lowest BCUT2D eigenvalue weighted by atomic mass is 9.82. The van der Waals surface area contributed by atoms with E-state index in [1.54, 1.807) is 0 Å². The van der Waals surface area contributed by atoms with Gasteiger partial charge in [-0.25, -0.2) is 0 Å². The minimum absolute atomic E-state index is 0.145. The summed E-state index contributed by atoms with van der Waals surface area (Å²) in [5.41, 5.74) is 2.41. The molecule has 0 spiro atoms. The average Bonchev–Trinajstić information content (AvgIpc) is 2.88. The third-order valence-electron chi connectivity index (χ3n) is 4.50. The van der Waals surface area contributed by atoms with Crippen LogP contribution in [0.3, 0.4) is 0 Å². The first-order valence-electron chi connectivity index (χ1n) is 6.78. The van der Waals surface area contributed by atoms with Gasteiger partial charge in [0.25, 0.3) is 0 Å². The maximum Gasteiger partial charge on any atom is 0.307 e. The molecule has 0 aromatic heterocycles. The molecule has 2 aliphatic rings. The smallest absolute Gasteiger partial charge is 0.307 e. The van der Waals surface area contributed by atoms with Crippen molar-refractivity contribution >= 4 is 5.97 Å². The van der Waals surface area contributed by atoms with Crippen LogP contribution in [0.15, 0.2) is 24.3 Å². The van der Waals surface area contributed by atoms with E-state index in [9.17, 15) is 4.79 Å². The lowest BCUT2D eigenvalue weighted by molar-refractivity contribution is -0.136. The van der Waals surface area contributed by atoms with Gasteiger partial charge < -0.3 is 5.11 Å². The molecule has 2 fully saturated rings. The molecule has 3 nitrogen and oxygen atoms in total. The van der Waals surface area contributed by atoms with Gasteiger partial charge in [-0.3, -0.25) is 9.69 Å². The highest BCUT2D eigenvalue weighted by atomic mass is 16.4. The second kappa shape index (κ2) is 4.39. The summed E-state index contributed by atoms with van der Waals surface area (Å²) < 4.78 is 0. The second-order valence-electron chi connectivity index (χ2n) is 5.45. The molecule has 1 aromatic carbocycles. The van der Waals surface area contributed by atoms with Gasteiger partial charge >= 0.3 is 5.97 Å². The van der Waals surface area contributed by atoms with E-state index in [2.05, 4.69) is 11.0 Å². The Morgan fingerprint density at radius 1 is 1.22 bits per heavy atom. The van der Waals surface area contributed by atoms with Crippen LogP contribution in [-0.4, -0.2) is 29.1 Å². The van der Waals surface area contributed by atoms with Gasteiger partial charge in [0.1, 0.15) is 0 Å². The summed E-state index contributed by atoms with van der Waals surface area (Å²) in [6.45, 7) is 2.34. The normalized spacial score (nSPS) is 22.0. The molecule has 96 valence electrons. The lowest BCUT2D eigenvalue weighted by Crippen LogP contribution is -2.36. The van der Waals surface area contributed by atoms with Gasteiger partial charge in [0, 0.05) is 5.54 Å². The SMILES string of the molecule is O=C(O)Cc1ccccc1C12CCCN1CCC2. The number of rotatable bonds is 3. The van der Waals surface area contributed by atoms with Crippen molar-refractivity contribution in [2.45, 2.75) is 37.6 Å². The minimum atomic E-state index is -0.735. The number of fused-ring (bicyclic) bond motifs is 1. The molecule has 2 aliphatic heterocycles. The van der Waals surface area contributed by atoms with Crippen molar-refractivity contribution in [1.82, 2.24) is 4.90 Å². The Morgan fingerprint density at radius 2 is 1.89 bits per heavy atom. The molecule has 1 aromatic rings. The molecule has 0 radical (unpaired) electrons. The first-order valence-corrected chi connectivity index (χ1v) is 6.78. The molecule has 18 heavy (non-hydrogen) atoms. The van der Waals surface area contributed by atoms with Gasteiger partial charge in [-0.05, 0) is 49.9 Å². The third kappa shape index (κ3) is 1.74. The van der Waals surface area contributed by atoms with Crippen LogP contribution in [-0.2, 0) is 16.8 Å². The van der Waals surface area contributed by atoms with Gasteiger partial charge in [0.05, 0.1) is 6.42 Å². The van der Waals surface area contributed by atoms with E-state index in [1.165, 1.54) is 44.3 Å². The van der Waals surface area contributed by atoms with E-state index >= 15 is 0 Å². The number of carboxylic acids is 1. The fourth-order valence-corrected chi connectivity index (χ4v) is 3.84. The van der Waals surface area contributed by atoms with E-state index in [-0.39, 0.29) is 12.0 Å². The molecule has 1 N–H and O–H groups in total. The Labute approximate surface area is 107 Å². The number of nitrogens with zero attached hydrogens (tertiary/aromatic N) is 1. The highest BCUT2D eigenvalue weighted by Crippen LogP contribution is 2.47. The molecule has 0 unspecified atom stereocenters. The van der Waals surface area contributed by atoms with E-state index in [1.807, 2.05) is 18.2 Å². The molecule has 0 aliphatic carbocycles. The van der Waals surface area contributed by atoms with Gasteiger partial charge in [-0.2, -0.15) is 0 Å². The summed E-state index contributed by atoms with van der Waals surface area (Å²) in [5, 5.41) is 9.06. The quantitative estimate of drug-likeness (QED) is 0.889. The Morgan fingerprint density at radius 3 is 2.56 bits per heavy atom. The van der Waals surface area contributed by atoms with E-state index in [4.69, 9.17) is 5.11 Å². The summed E-state index contributed by atoms with van der Waals surface area (Å²) in [6.07, 6.45) is 4.99. The fourth-order valence-electron chi connectivity index (χ4n) is 3.84. The van der Waals surface area contributed by atoms with Gasteiger partial charge in [-0.1, -0.05) is 24.3 Å². The van der Waals surface area contributed by atoms with Crippen LogP contribution < -0.4 is 0 Å². The molecular formula is C15H19NO2. The van der Waals surface area contributed by atoms with Crippen LogP contribution in [0.25, 0.3) is 0 Å². The second-order valence-corrected chi connectivity index (χ2v) is 5.45. The number of aliphatic carboxylic acids is 1. The Balaban J connectivity index is 2.03. The van der Waals surface area contributed by atoms with E-state index < -0.39 is 5.97 Å². The zero-order chi connectivity index (χ0) is 12.6. The van der Waals surface area contributed by atoms with Crippen LogP contribution in [0.4, 0.5) is 0 Å². The van der Waals surface area contributed by atoms with Crippen LogP contribution in [0.2, 0.25) is 0 Å². The number of hydrogen-bond donors (Lipinski definition) is 1. The molecule has 0 atom stereocenters. The largest absolute Gasteiger partial charge is 0.481 e. The summed E-state index contributed by atoms with van der Waals surface area (Å²) in [5.74, 6) is -0.735. The monoisotopic (exact) mass is 245 g/mol. The van der Waals surface area contributed by atoms with Crippen molar-refractivity contribution in [3.05, 3.63) is 35.4 Å². The Kier molecular flexibility index (Phi) is 2.86. The minimum Gasteiger partial charge on any atom is -0.481 e. The lowest BCUT2D eigenvalue weighted by Gasteiger charge is -2.34. The predicted octanol–water partition coefficient (Wildman–Crippen LogP) is 2.40. The van der Waals surface area contributed by atoms with Crippen molar-refractivity contribution in [3.63, 3.8) is 0 Å². The zero-order valence-corrected chi connectivity index (χ0v) is 10.6. The molecule has 2 heterocycles. The fraction of sp³-hybridized carbons (Fsp3) is 0.533. The molecular weight excluding hydrogens is 226 g/mol. The summed E-state index contributed by atoms with van der Waals surface area (Å²) in [6, 6.07) is 8.12. The van der Waals surface area contributed by atoms with Crippen molar-refractivity contribution in [2.75, 3.05) is 13.1 Å². The van der Waals surface area contributed by atoms with Crippen LogP contribution in [0, 0.1) is 0 Å². The highest BCUT2D eigenvalue weighted by molar-refractivity contribution is 5.71. The number of benzene rings is 1. The summed E-state index contributed by atoms with van der Waals surface area (Å²) in [7, 11) is 0. The summed E-state index contributed by atoms with van der Waals surface area (Å²) in [4.78, 5) is 13.6. The average molecular weight is 245 g/mol. The van der Waals surface area contributed by atoms with Gasteiger partial charge in [0.15, 0.2) is 0 Å². The Bertz CT molecular complexity index is 459.